The van der Waals surface area contributed by atoms with Crippen LogP contribution < -0.4 is 9.62 Å². The summed E-state index contributed by atoms with van der Waals surface area (Å²) in [6.45, 7) is 6.02. The summed E-state index contributed by atoms with van der Waals surface area (Å²) in [4.78, 5) is 28.4. The van der Waals surface area contributed by atoms with E-state index in [-0.39, 0.29) is 23.5 Å². The molecule has 0 aliphatic rings. The topological polar surface area (TPSA) is 86.8 Å². The summed E-state index contributed by atoms with van der Waals surface area (Å²) in [7, 11) is -4.52. The summed E-state index contributed by atoms with van der Waals surface area (Å²) in [6, 6.07) is 16.5. The van der Waals surface area contributed by atoms with Crippen molar-refractivity contribution in [2.45, 2.75) is 63.3 Å². The van der Waals surface area contributed by atoms with Crippen molar-refractivity contribution in [3.63, 3.8) is 0 Å². The highest BCUT2D eigenvalue weighted by molar-refractivity contribution is 7.92. The van der Waals surface area contributed by atoms with Gasteiger partial charge in [0.05, 0.1) is 16.1 Å². The number of rotatable bonds is 10. The highest BCUT2D eigenvalue weighted by Gasteiger charge is 2.36. The summed E-state index contributed by atoms with van der Waals surface area (Å²) >= 11 is 6.37. The van der Waals surface area contributed by atoms with Crippen LogP contribution in [-0.4, -0.2) is 43.3 Å². The van der Waals surface area contributed by atoms with Crippen molar-refractivity contribution in [2.24, 2.45) is 0 Å². The Labute approximate surface area is 249 Å². The normalized spacial score (nSPS) is 12.9. The van der Waals surface area contributed by atoms with Gasteiger partial charge in [0, 0.05) is 17.1 Å². The lowest BCUT2D eigenvalue weighted by Gasteiger charge is -2.35. The minimum absolute atomic E-state index is 0.142. The van der Waals surface area contributed by atoms with Gasteiger partial charge < -0.3 is 10.2 Å². The monoisotopic (exact) mass is 623 g/mol. The van der Waals surface area contributed by atoms with Gasteiger partial charge in [0.25, 0.3) is 10.0 Å². The fourth-order valence-electron chi connectivity index (χ4n) is 4.27. The molecule has 0 aliphatic carbocycles. The molecule has 3 rings (SSSR count). The average molecular weight is 624 g/mol. The number of carbonyl (C=O) groups is 2. The van der Waals surface area contributed by atoms with Crippen molar-refractivity contribution in [3.8, 4) is 0 Å². The van der Waals surface area contributed by atoms with Crippen LogP contribution in [-0.2, 0) is 32.3 Å². The minimum atomic E-state index is -4.75. The third kappa shape index (κ3) is 8.25. The lowest BCUT2D eigenvalue weighted by molar-refractivity contribution is -0.141. The number of alkyl halides is 3. The molecule has 12 heteroatoms. The maximum atomic E-state index is 14.0. The van der Waals surface area contributed by atoms with Gasteiger partial charge in [-0.1, -0.05) is 61.0 Å². The molecule has 0 unspecified atom stereocenters. The number of benzene rings is 3. The molecule has 0 saturated carbocycles. The van der Waals surface area contributed by atoms with Crippen molar-refractivity contribution >= 4 is 39.1 Å². The zero-order valence-electron chi connectivity index (χ0n) is 23.7. The molecule has 0 bridgehead atoms. The maximum absolute atomic E-state index is 14.0. The number of sulfonamides is 1. The van der Waals surface area contributed by atoms with E-state index in [2.05, 4.69) is 5.32 Å². The molecule has 0 spiro atoms. The van der Waals surface area contributed by atoms with E-state index in [1.54, 1.807) is 58.0 Å². The van der Waals surface area contributed by atoms with E-state index >= 15 is 0 Å². The Hall–Kier alpha value is -3.57. The van der Waals surface area contributed by atoms with Gasteiger partial charge in [0.2, 0.25) is 11.8 Å². The standard InChI is InChI=1S/C30H33ClF3N3O4S/c1-5-26(28(39)35-29(2,3)4)36(19-21-12-9-10-17-25(21)31)27(38)20-37(42(40,41)24-15-7-6-8-16-24)23-14-11-13-22(18-23)30(32,33)34/h6-18,26H,5,19-20H2,1-4H3,(H,35,39)/t26-/m0/s1. The largest absolute Gasteiger partial charge is 0.416 e. The zero-order valence-corrected chi connectivity index (χ0v) is 25.2. The SMILES string of the molecule is CC[C@@H](C(=O)NC(C)(C)C)N(Cc1ccccc1Cl)C(=O)CN(c1cccc(C(F)(F)F)c1)S(=O)(=O)c1ccccc1. The van der Waals surface area contributed by atoms with Gasteiger partial charge in [-0.25, -0.2) is 8.42 Å². The molecule has 0 saturated heterocycles. The first kappa shape index (κ1) is 32.9. The first-order valence-corrected chi connectivity index (χ1v) is 15.0. The van der Waals surface area contributed by atoms with Crippen molar-refractivity contribution in [1.29, 1.82) is 0 Å². The van der Waals surface area contributed by atoms with Crippen LogP contribution in [0.1, 0.15) is 45.2 Å². The molecule has 226 valence electrons. The maximum Gasteiger partial charge on any atom is 0.416 e. The smallest absolute Gasteiger partial charge is 0.350 e. The molecular formula is C30H33ClF3N3O4S. The van der Waals surface area contributed by atoms with Crippen molar-refractivity contribution in [3.05, 3.63) is 95.0 Å². The third-order valence-electron chi connectivity index (χ3n) is 6.25. The summed E-state index contributed by atoms with van der Waals surface area (Å²) in [5.74, 6) is -1.27. The van der Waals surface area contributed by atoms with Crippen LogP contribution in [0, 0.1) is 0 Å². The number of nitrogens with one attached hydrogen (secondary N) is 1. The molecule has 0 aromatic heterocycles. The van der Waals surface area contributed by atoms with E-state index in [1.807, 2.05) is 0 Å². The molecule has 42 heavy (non-hydrogen) atoms. The number of nitrogens with zero attached hydrogens (tertiary/aromatic N) is 2. The third-order valence-corrected chi connectivity index (χ3v) is 8.41. The van der Waals surface area contributed by atoms with E-state index in [9.17, 15) is 31.2 Å². The van der Waals surface area contributed by atoms with Crippen LogP contribution in [0.3, 0.4) is 0 Å². The lowest BCUT2D eigenvalue weighted by Crippen LogP contribution is -2.55. The van der Waals surface area contributed by atoms with Crippen LogP contribution in [0.15, 0.2) is 83.8 Å². The van der Waals surface area contributed by atoms with E-state index in [0.29, 0.717) is 21.0 Å². The Morgan fingerprint density at radius 3 is 2.12 bits per heavy atom. The highest BCUT2D eigenvalue weighted by atomic mass is 35.5. The second-order valence-electron chi connectivity index (χ2n) is 10.6. The molecule has 2 amide bonds. The quantitative estimate of drug-likeness (QED) is 0.288. The predicted octanol–water partition coefficient (Wildman–Crippen LogP) is 6.28. The Morgan fingerprint density at radius 1 is 0.929 bits per heavy atom. The summed E-state index contributed by atoms with van der Waals surface area (Å²) in [5.41, 5.74) is -1.56. The van der Waals surface area contributed by atoms with E-state index in [1.165, 1.54) is 35.2 Å². The van der Waals surface area contributed by atoms with Gasteiger partial charge in [0.1, 0.15) is 12.6 Å². The van der Waals surface area contributed by atoms with Gasteiger partial charge in [0.15, 0.2) is 0 Å². The zero-order chi connectivity index (χ0) is 31.3. The van der Waals surface area contributed by atoms with Gasteiger partial charge in [-0.05, 0) is 69.2 Å². The van der Waals surface area contributed by atoms with E-state index in [4.69, 9.17) is 11.6 Å². The molecule has 3 aromatic carbocycles. The highest BCUT2D eigenvalue weighted by Crippen LogP contribution is 2.33. The summed E-state index contributed by atoms with van der Waals surface area (Å²) in [5, 5.41) is 3.18. The van der Waals surface area contributed by atoms with Crippen LogP contribution in [0.4, 0.5) is 18.9 Å². The van der Waals surface area contributed by atoms with Crippen molar-refractivity contribution in [1.82, 2.24) is 10.2 Å². The van der Waals surface area contributed by atoms with Gasteiger partial charge in [-0.2, -0.15) is 13.2 Å². The van der Waals surface area contributed by atoms with Crippen LogP contribution in [0.25, 0.3) is 0 Å². The van der Waals surface area contributed by atoms with Crippen LogP contribution in [0.5, 0.6) is 0 Å². The van der Waals surface area contributed by atoms with Gasteiger partial charge in [-0.3, -0.25) is 13.9 Å². The molecule has 1 atom stereocenters. The molecule has 3 aromatic rings. The average Bonchev–Trinajstić information content (AvgIpc) is 2.91. The Kier molecular flexibility index (Phi) is 10.3. The second kappa shape index (κ2) is 13.2. The molecule has 0 heterocycles. The molecule has 1 N–H and O–H groups in total. The Bertz CT molecular complexity index is 1510. The van der Waals surface area contributed by atoms with Crippen LogP contribution >= 0.6 is 11.6 Å². The number of hydrogen-bond acceptors (Lipinski definition) is 4. The molecule has 0 radical (unpaired) electrons. The summed E-state index contributed by atoms with van der Waals surface area (Å²) in [6.07, 6.45) is -4.58. The fourth-order valence-corrected chi connectivity index (χ4v) is 5.89. The Balaban J connectivity index is 2.13. The number of carbonyl (C=O) groups excluding carboxylic acids is 2. The lowest BCUT2D eigenvalue weighted by atomic mass is 10.1. The molecule has 0 fully saturated rings. The molecule has 7 nitrogen and oxygen atoms in total. The van der Waals surface area contributed by atoms with Gasteiger partial charge >= 0.3 is 6.18 Å². The summed E-state index contributed by atoms with van der Waals surface area (Å²) < 4.78 is 69.0. The van der Waals surface area contributed by atoms with E-state index in [0.717, 1.165) is 12.1 Å². The fraction of sp³-hybridized carbons (Fsp3) is 0.333. The van der Waals surface area contributed by atoms with Crippen molar-refractivity contribution < 1.29 is 31.2 Å². The number of halogens is 4. The van der Waals surface area contributed by atoms with E-state index < -0.39 is 51.7 Å². The molecule has 0 aliphatic heterocycles. The Morgan fingerprint density at radius 2 is 1.55 bits per heavy atom. The van der Waals surface area contributed by atoms with Crippen molar-refractivity contribution in [2.75, 3.05) is 10.8 Å². The molecular weight excluding hydrogens is 591 g/mol. The number of hydrogen-bond donors (Lipinski definition) is 1. The number of amides is 2. The van der Waals surface area contributed by atoms with Gasteiger partial charge in [-0.15, -0.1) is 0 Å². The minimum Gasteiger partial charge on any atom is -0.350 e. The van der Waals surface area contributed by atoms with Crippen LogP contribution in [0.2, 0.25) is 5.02 Å². The second-order valence-corrected chi connectivity index (χ2v) is 12.9. The first-order valence-electron chi connectivity index (χ1n) is 13.1. The first-order chi connectivity index (χ1) is 19.5. The predicted molar refractivity (Wildman–Crippen MR) is 156 cm³/mol. The number of anilines is 1.